The summed E-state index contributed by atoms with van der Waals surface area (Å²) in [5.74, 6) is 0.242. The molecule has 5 nitrogen and oxygen atoms in total. The van der Waals surface area contributed by atoms with Crippen LogP contribution in [0.5, 0.6) is 0 Å². The summed E-state index contributed by atoms with van der Waals surface area (Å²) < 4.78 is 1.74. The number of nitrogens with one attached hydrogen (secondary N) is 2. The number of nitrogens with zero attached hydrogens (tertiary/aromatic N) is 1. The maximum atomic E-state index is 12.6. The fourth-order valence-corrected chi connectivity index (χ4v) is 3.29. The van der Waals surface area contributed by atoms with Crippen LogP contribution in [0.25, 0.3) is 10.9 Å². The molecule has 0 bridgehead atoms. The number of hydrogen-bond acceptors (Lipinski definition) is 3. The Labute approximate surface area is 168 Å². The van der Waals surface area contributed by atoms with Crippen LogP contribution in [0.3, 0.4) is 0 Å². The molecule has 2 aromatic carbocycles. The van der Waals surface area contributed by atoms with Gasteiger partial charge in [0.15, 0.2) is 4.77 Å². The molecule has 3 aromatic rings. The van der Waals surface area contributed by atoms with Crippen molar-refractivity contribution in [2.24, 2.45) is 0 Å². The topological polar surface area (TPSA) is 66.9 Å². The Bertz CT molecular complexity index is 1140. The highest BCUT2D eigenvalue weighted by molar-refractivity contribution is 7.71. The molecule has 0 aliphatic carbocycles. The Kier molecular flexibility index (Phi) is 5.90. The number of aromatic amines is 1. The minimum atomic E-state index is -0.243. The Hall–Kier alpha value is -2.99. The van der Waals surface area contributed by atoms with E-state index in [0.717, 1.165) is 12.1 Å². The molecular formula is C22H23N3O2S. The summed E-state index contributed by atoms with van der Waals surface area (Å²) in [7, 11) is 0. The summed E-state index contributed by atoms with van der Waals surface area (Å²) in [6.07, 6.45) is 2.68. The van der Waals surface area contributed by atoms with Crippen LogP contribution in [0.1, 0.15) is 42.1 Å². The molecule has 0 spiro atoms. The van der Waals surface area contributed by atoms with Gasteiger partial charge in [-0.1, -0.05) is 32.1 Å². The summed E-state index contributed by atoms with van der Waals surface area (Å²) in [6, 6.07) is 12.8. The van der Waals surface area contributed by atoms with E-state index in [0.29, 0.717) is 33.7 Å². The van der Waals surface area contributed by atoms with E-state index in [-0.39, 0.29) is 11.5 Å². The monoisotopic (exact) mass is 393 g/mol. The summed E-state index contributed by atoms with van der Waals surface area (Å²) in [4.78, 5) is 28.2. The van der Waals surface area contributed by atoms with Crippen molar-refractivity contribution in [1.29, 1.82) is 0 Å². The van der Waals surface area contributed by atoms with E-state index >= 15 is 0 Å². The third kappa shape index (κ3) is 3.97. The summed E-state index contributed by atoms with van der Waals surface area (Å²) >= 11 is 5.25. The van der Waals surface area contributed by atoms with Crippen LogP contribution in [0.15, 0.2) is 59.9 Å². The number of H-pyrrole nitrogens is 1. The molecule has 0 fully saturated rings. The quantitative estimate of drug-likeness (QED) is 0.457. The number of carbonyl (C=O) groups excluding carboxylic acids is 1. The summed E-state index contributed by atoms with van der Waals surface area (Å²) in [5, 5.41) is 3.37. The van der Waals surface area contributed by atoms with Crippen molar-refractivity contribution >= 4 is 34.7 Å². The van der Waals surface area contributed by atoms with Crippen molar-refractivity contribution in [1.82, 2.24) is 9.55 Å². The first-order valence-corrected chi connectivity index (χ1v) is 9.64. The molecule has 1 amide bonds. The van der Waals surface area contributed by atoms with E-state index in [4.69, 9.17) is 12.2 Å². The molecule has 1 aromatic heterocycles. The number of hydrogen-bond donors (Lipinski definition) is 2. The number of rotatable bonds is 6. The van der Waals surface area contributed by atoms with E-state index in [1.54, 1.807) is 24.3 Å². The molecule has 1 heterocycles. The van der Waals surface area contributed by atoms with Crippen LogP contribution in [-0.2, 0) is 6.54 Å². The van der Waals surface area contributed by atoms with Crippen LogP contribution in [-0.4, -0.2) is 15.5 Å². The number of aromatic nitrogens is 2. The predicted molar refractivity (Wildman–Crippen MR) is 117 cm³/mol. The molecule has 2 N–H and O–H groups in total. The first-order chi connectivity index (χ1) is 13.4. The number of anilines is 1. The van der Waals surface area contributed by atoms with Crippen molar-refractivity contribution in [3.8, 4) is 0 Å². The Morgan fingerprint density at radius 1 is 1.29 bits per heavy atom. The Morgan fingerprint density at radius 2 is 2.00 bits per heavy atom. The Balaban J connectivity index is 1.88. The molecular weight excluding hydrogens is 370 g/mol. The van der Waals surface area contributed by atoms with E-state index in [2.05, 4.69) is 30.7 Å². The highest BCUT2D eigenvalue weighted by atomic mass is 32.1. The van der Waals surface area contributed by atoms with Gasteiger partial charge in [-0.05, 0) is 60.5 Å². The van der Waals surface area contributed by atoms with Crippen molar-refractivity contribution in [2.75, 3.05) is 5.32 Å². The summed E-state index contributed by atoms with van der Waals surface area (Å²) in [6.45, 7) is 8.30. The number of fused-ring (bicyclic) bond motifs is 1. The van der Waals surface area contributed by atoms with Gasteiger partial charge in [0.25, 0.3) is 11.5 Å². The van der Waals surface area contributed by atoms with Crippen LogP contribution < -0.4 is 10.9 Å². The standard InChI is InChI=1S/C22H23N3O2S/c1-4-12-25-21(27)18-11-8-16(13-19(18)24-22(25)28)20(26)23-17-9-6-15(7-10-17)14(3)5-2/h4,6-11,13-14H,1,5,12H2,2-3H3,(H,23,26)(H,24,28). The average Bonchev–Trinajstić information content (AvgIpc) is 2.70. The van der Waals surface area contributed by atoms with Gasteiger partial charge in [0.2, 0.25) is 0 Å². The normalized spacial score (nSPS) is 11.9. The predicted octanol–water partition coefficient (Wildman–Crippen LogP) is 5.01. The second kappa shape index (κ2) is 8.35. The van der Waals surface area contributed by atoms with Crippen molar-refractivity contribution in [2.45, 2.75) is 32.7 Å². The highest BCUT2D eigenvalue weighted by Crippen LogP contribution is 2.21. The van der Waals surface area contributed by atoms with Gasteiger partial charge in [-0.25, -0.2) is 0 Å². The molecule has 0 aliphatic rings. The van der Waals surface area contributed by atoms with Gasteiger partial charge in [0.05, 0.1) is 10.9 Å². The number of amides is 1. The van der Waals surface area contributed by atoms with Gasteiger partial charge in [-0.2, -0.15) is 0 Å². The minimum absolute atomic E-state index is 0.203. The number of allylic oxidation sites excluding steroid dienone is 1. The molecule has 0 radical (unpaired) electrons. The molecule has 0 saturated heterocycles. The van der Waals surface area contributed by atoms with Gasteiger partial charge in [0, 0.05) is 17.8 Å². The van der Waals surface area contributed by atoms with Crippen LogP contribution in [0.2, 0.25) is 0 Å². The third-order valence-electron chi connectivity index (χ3n) is 4.91. The molecule has 28 heavy (non-hydrogen) atoms. The smallest absolute Gasteiger partial charge is 0.262 e. The lowest BCUT2D eigenvalue weighted by Gasteiger charge is -2.11. The zero-order valence-corrected chi connectivity index (χ0v) is 16.8. The molecule has 3 rings (SSSR count). The van der Waals surface area contributed by atoms with Crippen LogP contribution >= 0.6 is 12.2 Å². The van der Waals surface area contributed by atoms with E-state index < -0.39 is 0 Å². The lowest BCUT2D eigenvalue weighted by atomic mass is 9.98. The average molecular weight is 394 g/mol. The maximum Gasteiger partial charge on any atom is 0.262 e. The fourth-order valence-electron chi connectivity index (χ4n) is 3.02. The first kappa shape index (κ1) is 19.8. The largest absolute Gasteiger partial charge is 0.332 e. The minimum Gasteiger partial charge on any atom is -0.332 e. The lowest BCUT2D eigenvalue weighted by molar-refractivity contribution is 0.102. The molecule has 0 saturated carbocycles. The van der Waals surface area contributed by atoms with Crippen molar-refractivity contribution in [3.63, 3.8) is 0 Å². The van der Waals surface area contributed by atoms with Crippen molar-refractivity contribution in [3.05, 3.63) is 81.4 Å². The fraction of sp³-hybridized carbons (Fsp3) is 0.227. The van der Waals surface area contributed by atoms with Crippen molar-refractivity contribution < 1.29 is 4.79 Å². The first-order valence-electron chi connectivity index (χ1n) is 9.23. The number of benzene rings is 2. The summed E-state index contributed by atoms with van der Waals surface area (Å²) in [5.41, 5.74) is 2.76. The van der Waals surface area contributed by atoms with Gasteiger partial charge in [-0.3, -0.25) is 14.2 Å². The molecule has 0 aliphatic heterocycles. The van der Waals surface area contributed by atoms with Gasteiger partial charge >= 0.3 is 0 Å². The van der Waals surface area contributed by atoms with Crippen LogP contribution in [0, 0.1) is 4.77 Å². The molecule has 144 valence electrons. The van der Waals surface area contributed by atoms with E-state index in [1.165, 1.54) is 10.1 Å². The zero-order chi connectivity index (χ0) is 20.3. The maximum absolute atomic E-state index is 12.6. The van der Waals surface area contributed by atoms with Gasteiger partial charge in [0.1, 0.15) is 0 Å². The zero-order valence-electron chi connectivity index (χ0n) is 16.0. The van der Waals surface area contributed by atoms with Gasteiger partial charge < -0.3 is 10.3 Å². The SMILES string of the molecule is C=CCn1c(=S)[nH]c2cc(C(=O)Nc3ccc(C(C)CC)cc3)ccc2c1=O. The molecule has 1 unspecified atom stereocenters. The lowest BCUT2D eigenvalue weighted by Crippen LogP contribution is -2.22. The second-order valence-electron chi connectivity index (χ2n) is 6.78. The van der Waals surface area contributed by atoms with E-state index in [9.17, 15) is 9.59 Å². The third-order valence-corrected chi connectivity index (χ3v) is 5.23. The number of carbonyl (C=O) groups is 1. The molecule has 1 atom stereocenters. The van der Waals surface area contributed by atoms with Crippen LogP contribution in [0.4, 0.5) is 5.69 Å². The Morgan fingerprint density at radius 3 is 2.64 bits per heavy atom. The van der Waals surface area contributed by atoms with Gasteiger partial charge in [-0.15, -0.1) is 6.58 Å². The second-order valence-corrected chi connectivity index (χ2v) is 7.17. The highest BCUT2D eigenvalue weighted by Gasteiger charge is 2.11. The molecule has 6 heteroatoms. The van der Waals surface area contributed by atoms with E-state index in [1.807, 2.05) is 24.3 Å².